The van der Waals surface area contributed by atoms with Gasteiger partial charge in [0.1, 0.15) is 10.1 Å². The molecule has 2 aliphatic rings. The third-order valence-corrected chi connectivity index (χ3v) is 7.05. The van der Waals surface area contributed by atoms with Gasteiger partial charge in [-0.05, 0) is 76.2 Å². The molecule has 0 radical (unpaired) electrons. The summed E-state index contributed by atoms with van der Waals surface area (Å²) in [5.41, 5.74) is 0.929. The van der Waals surface area contributed by atoms with E-state index in [1.165, 1.54) is 31.0 Å². The molecule has 1 aromatic rings. The molecule has 0 N–H and O–H groups in total. The molecule has 0 atom stereocenters. The number of nitrogens with zero attached hydrogens (tertiary/aromatic N) is 1. The average Bonchev–Trinajstić information content (AvgIpc) is 2.82. The van der Waals surface area contributed by atoms with Crippen molar-refractivity contribution in [2.75, 3.05) is 7.11 Å². The molecule has 1 aliphatic carbocycles. The van der Waals surface area contributed by atoms with Crippen LogP contribution in [-0.2, 0) is 4.79 Å². The molecular formula is C17H17I2NO2S2. The van der Waals surface area contributed by atoms with E-state index in [2.05, 4.69) is 51.2 Å². The first kappa shape index (κ1) is 18.9. The number of rotatable bonds is 3. The Labute approximate surface area is 179 Å². The lowest BCUT2D eigenvalue weighted by Crippen LogP contribution is -2.39. The fourth-order valence-electron chi connectivity index (χ4n) is 3.18. The Bertz CT molecular complexity index is 715. The van der Waals surface area contributed by atoms with E-state index in [0.29, 0.717) is 9.23 Å². The maximum absolute atomic E-state index is 12.9. The van der Waals surface area contributed by atoms with Crippen LogP contribution in [0, 0.1) is 7.14 Å². The Hall–Kier alpha value is 0.130. The largest absolute Gasteiger partial charge is 0.495 e. The summed E-state index contributed by atoms with van der Waals surface area (Å²) < 4.78 is 8.37. The zero-order chi connectivity index (χ0) is 17.3. The summed E-state index contributed by atoms with van der Waals surface area (Å²) >= 11 is 11.4. The Morgan fingerprint density at radius 2 is 2.00 bits per heavy atom. The molecule has 1 aromatic carbocycles. The van der Waals surface area contributed by atoms with E-state index in [9.17, 15) is 4.79 Å². The minimum Gasteiger partial charge on any atom is -0.495 e. The van der Waals surface area contributed by atoms with Gasteiger partial charge in [0.15, 0.2) is 0 Å². The highest BCUT2D eigenvalue weighted by Crippen LogP contribution is 2.39. The molecule has 0 aromatic heterocycles. The minimum absolute atomic E-state index is 0.0489. The van der Waals surface area contributed by atoms with Crippen molar-refractivity contribution in [2.45, 2.75) is 38.1 Å². The Kier molecular flexibility index (Phi) is 6.47. The van der Waals surface area contributed by atoms with E-state index in [0.717, 1.165) is 31.3 Å². The first-order valence-electron chi connectivity index (χ1n) is 7.81. The van der Waals surface area contributed by atoms with E-state index in [1.54, 1.807) is 7.11 Å². The molecule has 0 bridgehead atoms. The van der Waals surface area contributed by atoms with Gasteiger partial charge in [-0.15, -0.1) is 0 Å². The zero-order valence-electron chi connectivity index (χ0n) is 13.2. The molecule has 7 heteroatoms. The van der Waals surface area contributed by atoms with Crippen molar-refractivity contribution in [3.63, 3.8) is 0 Å². The Morgan fingerprint density at radius 1 is 1.29 bits per heavy atom. The molecule has 0 unspecified atom stereocenters. The van der Waals surface area contributed by atoms with E-state index in [4.69, 9.17) is 17.0 Å². The second-order valence-electron chi connectivity index (χ2n) is 5.85. The third-order valence-electron chi connectivity index (χ3n) is 4.29. The second-order valence-corrected chi connectivity index (χ2v) is 9.94. The smallest absolute Gasteiger partial charge is 0.266 e. The fraction of sp³-hybridized carbons (Fsp3) is 0.412. The Balaban J connectivity index is 1.92. The summed E-state index contributed by atoms with van der Waals surface area (Å²) in [7, 11) is 1.66. The van der Waals surface area contributed by atoms with Gasteiger partial charge in [0.2, 0.25) is 0 Å². The molecule has 1 heterocycles. The van der Waals surface area contributed by atoms with Gasteiger partial charge in [-0.3, -0.25) is 9.69 Å². The number of amides is 1. The van der Waals surface area contributed by atoms with Gasteiger partial charge in [-0.25, -0.2) is 0 Å². The lowest BCUT2D eigenvalue weighted by Gasteiger charge is -2.29. The van der Waals surface area contributed by atoms with Crippen LogP contribution in [0.15, 0.2) is 17.0 Å². The maximum atomic E-state index is 12.9. The van der Waals surface area contributed by atoms with Gasteiger partial charge in [0, 0.05) is 15.2 Å². The van der Waals surface area contributed by atoms with Crippen LogP contribution in [0.1, 0.15) is 37.7 Å². The maximum Gasteiger partial charge on any atom is 0.266 e. The number of thioether (sulfide) groups is 1. The van der Waals surface area contributed by atoms with Crippen molar-refractivity contribution in [1.82, 2.24) is 4.90 Å². The molecule has 0 spiro atoms. The Morgan fingerprint density at radius 3 is 2.67 bits per heavy atom. The second kappa shape index (κ2) is 8.22. The average molecular weight is 585 g/mol. The van der Waals surface area contributed by atoms with Gasteiger partial charge in [0.05, 0.1) is 15.6 Å². The number of methoxy groups -OCH3 is 1. The molecule has 1 saturated carbocycles. The topological polar surface area (TPSA) is 29.5 Å². The van der Waals surface area contributed by atoms with Crippen molar-refractivity contribution in [1.29, 1.82) is 0 Å². The van der Waals surface area contributed by atoms with Crippen molar-refractivity contribution >= 4 is 85.5 Å². The van der Waals surface area contributed by atoms with E-state index in [-0.39, 0.29) is 11.9 Å². The summed E-state index contributed by atoms with van der Waals surface area (Å²) in [6.45, 7) is 0. The molecule has 1 aliphatic heterocycles. The standard InChI is InChI=1S/C17H17I2NO2S2/c1-22-15-10(7-11(18)9-13(15)19)8-14-16(21)20(17(23)24-14)12-5-3-2-4-6-12/h7-9,12H,2-6H2,1H3/b14-8+. The number of hydrogen-bond acceptors (Lipinski definition) is 4. The number of halogens is 2. The summed E-state index contributed by atoms with van der Waals surface area (Å²) in [4.78, 5) is 15.4. The summed E-state index contributed by atoms with van der Waals surface area (Å²) in [5, 5.41) is 0. The summed E-state index contributed by atoms with van der Waals surface area (Å²) in [6, 6.07) is 4.37. The number of ether oxygens (including phenoxy) is 1. The van der Waals surface area contributed by atoms with Crippen molar-refractivity contribution < 1.29 is 9.53 Å². The van der Waals surface area contributed by atoms with E-state index in [1.807, 2.05) is 17.0 Å². The fourth-order valence-corrected chi connectivity index (χ4v) is 6.68. The van der Waals surface area contributed by atoms with E-state index >= 15 is 0 Å². The first-order chi connectivity index (χ1) is 11.5. The summed E-state index contributed by atoms with van der Waals surface area (Å²) in [6.07, 6.45) is 7.67. The number of carbonyl (C=O) groups is 1. The van der Waals surface area contributed by atoms with Crippen molar-refractivity contribution in [2.24, 2.45) is 0 Å². The molecule has 3 nitrogen and oxygen atoms in total. The van der Waals surface area contributed by atoms with Crippen LogP contribution < -0.4 is 4.74 Å². The predicted octanol–water partition coefficient (Wildman–Crippen LogP) is 5.44. The van der Waals surface area contributed by atoms with Crippen molar-refractivity contribution in [3.05, 3.63) is 29.7 Å². The van der Waals surface area contributed by atoms with Gasteiger partial charge in [-0.2, -0.15) is 0 Å². The normalized spacial score (nSPS) is 21.0. The molecule has 1 amide bonds. The molecule has 3 rings (SSSR count). The van der Waals surface area contributed by atoms with Crippen LogP contribution in [0.25, 0.3) is 6.08 Å². The van der Waals surface area contributed by atoms with Crippen LogP contribution in [0.4, 0.5) is 0 Å². The van der Waals surface area contributed by atoms with Crippen LogP contribution in [0.5, 0.6) is 5.75 Å². The van der Waals surface area contributed by atoms with Crippen LogP contribution in [-0.4, -0.2) is 28.3 Å². The molecule has 128 valence electrons. The third kappa shape index (κ3) is 3.93. The highest BCUT2D eigenvalue weighted by atomic mass is 127. The highest BCUT2D eigenvalue weighted by molar-refractivity contribution is 14.1. The number of thiocarbonyl (C=S) groups is 1. The van der Waals surface area contributed by atoms with Crippen LogP contribution in [0.2, 0.25) is 0 Å². The van der Waals surface area contributed by atoms with Gasteiger partial charge < -0.3 is 4.74 Å². The number of benzene rings is 1. The first-order valence-corrected chi connectivity index (χ1v) is 11.2. The SMILES string of the molecule is COc1c(I)cc(I)cc1/C=C1/SC(=S)N(C2CCCCC2)C1=O. The van der Waals surface area contributed by atoms with Gasteiger partial charge >= 0.3 is 0 Å². The molecular weight excluding hydrogens is 568 g/mol. The minimum atomic E-state index is 0.0489. The highest BCUT2D eigenvalue weighted by Gasteiger charge is 2.37. The monoisotopic (exact) mass is 585 g/mol. The zero-order valence-corrected chi connectivity index (χ0v) is 19.1. The quantitative estimate of drug-likeness (QED) is 0.269. The molecule has 24 heavy (non-hydrogen) atoms. The van der Waals surface area contributed by atoms with Crippen LogP contribution >= 0.6 is 69.2 Å². The van der Waals surface area contributed by atoms with Gasteiger partial charge in [-0.1, -0.05) is 43.2 Å². The summed E-state index contributed by atoms with van der Waals surface area (Å²) in [5.74, 6) is 0.853. The lowest BCUT2D eigenvalue weighted by molar-refractivity contribution is -0.124. The van der Waals surface area contributed by atoms with Gasteiger partial charge in [0.25, 0.3) is 5.91 Å². The van der Waals surface area contributed by atoms with E-state index < -0.39 is 0 Å². The van der Waals surface area contributed by atoms with Crippen LogP contribution in [0.3, 0.4) is 0 Å². The lowest BCUT2D eigenvalue weighted by atomic mass is 9.94. The van der Waals surface area contributed by atoms with Crippen molar-refractivity contribution in [3.8, 4) is 5.75 Å². The molecule has 2 fully saturated rings. The molecule has 1 saturated heterocycles. The number of carbonyl (C=O) groups excluding carboxylic acids is 1. The predicted molar refractivity (Wildman–Crippen MR) is 120 cm³/mol. The number of hydrogen-bond donors (Lipinski definition) is 0.